The number of likely N-dealkylation sites (N-methyl/N-ethyl adjacent to an activating group) is 1. The number of aryl methyl sites for hydroxylation is 1. The Labute approximate surface area is 114 Å². The van der Waals surface area contributed by atoms with Gasteiger partial charge >= 0.3 is 5.97 Å². The van der Waals surface area contributed by atoms with Gasteiger partial charge < -0.3 is 15.3 Å². The Hall–Kier alpha value is -1.96. The number of carbonyl (C=O) groups is 3. The van der Waals surface area contributed by atoms with Crippen LogP contribution in [-0.4, -0.2) is 40.4 Å². The van der Waals surface area contributed by atoms with Crippen molar-refractivity contribution in [2.24, 2.45) is 0 Å². The number of amides is 2. The van der Waals surface area contributed by atoms with Crippen LogP contribution in [0.5, 0.6) is 0 Å². The highest BCUT2D eigenvalue weighted by Gasteiger charge is 2.26. The smallest absolute Gasteiger partial charge is 0.340 e. The molecule has 1 unspecified atom stereocenters. The van der Waals surface area contributed by atoms with Crippen molar-refractivity contribution in [3.8, 4) is 0 Å². The van der Waals surface area contributed by atoms with Crippen LogP contribution in [0.25, 0.3) is 0 Å². The predicted octanol–water partition coefficient (Wildman–Crippen LogP) is 0.637. The number of aromatic nitrogens is 1. The van der Waals surface area contributed by atoms with Gasteiger partial charge in [0.25, 0.3) is 0 Å². The summed E-state index contributed by atoms with van der Waals surface area (Å²) in [6.07, 6.45) is 0. The molecule has 0 bridgehead atoms. The average Bonchev–Trinajstić information content (AvgIpc) is 2.68. The Kier molecular flexibility index (Phi) is 4.60. The van der Waals surface area contributed by atoms with Crippen molar-refractivity contribution >= 4 is 34.3 Å². The summed E-state index contributed by atoms with van der Waals surface area (Å²) in [6, 6.07) is -0.730. The molecule has 0 aliphatic carbocycles. The van der Waals surface area contributed by atoms with Crippen LogP contribution in [0.15, 0.2) is 0 Å². The second-order valence-corrected chi connectivity index (χ2v) is 4.82. The van der Waals surface area contributed by atoms with Gasteiger partial charge in [0.1, 0.15) is 16.6 Å². The quantitative estimate of drug-likeness (QED) is 0.845. The standard InChI is InChI=1S/C11H15N3O4S/c1-5-8(11(17)18)10(19-13-5)14(4)9(16)6(2)12-7(3)15/h6H,1-4H3,(H,12,15)(H,17,18). The first-order chi connectivity index (χ1) is 8.75. The third-order valence-corrected chi connectivity index (χ3v) is 3.50. The molecule has 1 heterocycles. The van der Waals surface area contributed by atoms with Crippen LogP contribution in [0.2, 0.25) is 0 Å². The lowest BCUT2D eigenvalue weighted by atomic mass is 10.2. The van der Waals surface area contributed by atoms with Gasteiger partial charge in [0.05, 0.1) is 5.69 Å². The van der Waals surface area contributed by atoms with Crippen molar-refractivity contribution in [2.45, 2.75) is 26.8 Å². The Morgan fingerprint density at radius 3 is 2.47 bits per heavy atom. The third-order valence-electron chi connectivity index (χ3n) is 2.48. The molecule has 2 amide bonds. The van der Waals surface area contributed by atoms with Gasteiger partial charge in [0.15, 0.2) is 0 Å². The van der Waals surface area contributed by atoms with Gasteiger partial charge in [0.2, 0.25) is 11.8 Å². The fourth-order valence-electron chi connectivity index (χ4n) is 1.59. The summed E-state index contributed by atoms with van der Waals surface area (Å²) in [5.74, 6) is -1.86. The van der Waals surface area contributed by atoms with Crippen LogP contribution in [0.3, 0.4) is 0 Å². The normalized spacial score (nSPS) is 11.8. The van der Waals surface area contributed by atoms with Gasteiger partial charge in [-0.3, -0.25) is 9.59 Å². The molecular formula is C11H15N3O4S. The maximum absolute atomic E-state index is 12.1. The van der Waals surface area contributed by atoms with E-state index in [2.05, 4.69) is 9.69 Å². The van der Waals surface area contributed by atoms with Gasteiger partial charge in [0, 0.05) is 14.0 Å². The van der Waals surface area contributed by atoms with E-state index < -0.39 is 17.9 Å². The summed E-state index contributed by atoms with van der Waals surface area (Å²) < 4.78 is 3.94. The summed E-state index contributed by atoms with van der Waals surface area (Å²) in [6.45, 7) is 4.41. The summed E-state index contributed by atoms with van der Waals surface area (Å²) in [4.78, 5) is 35.3. The molecule has 1 aromatic rings. The molecule has 7 nitrogen and oxygen atoms in total. The van der Waals surface area contributed by atoms with Crippen LogP contribution >= 0.6 is 11.5 Å². The Morgan fingerprint density at radius 1 is 1.42 bits per heavy atom. The molecule has 1 rings (SSSR count). The van der Waals surface area contributed by atoms with E-state index in [0.29, 0.717) is 5.69 Å². The highest BCUT2D eigenvalue weighted by Crippen LogP contribution is 2.28. The molecule has 0 spiro atoms. The molecule has 0 aliphatic rings. The largest absolute Gasteiger partial charge is 0.478 e. The fourth-order valence-corrected chi connectivity index (χ4v) is 2.44. The number of nitrogens with zero attached hydrogens (tertiary/aromatic N) is 2. The number of carboxylic acid groups (broad SMARTS) is 1. The molecular weight excluding hydrogens is 270 g/mol. The number of carbonyl (C=O) groups excluding carboxylic acids is 2. The number of aromatic carboxylic acids is 1. The van der Waals surface area contributed by atoms with E-state index in [9.17, 15) is 14.4 Å². The number of nitrogens with one attached hydrogen (secondary N) is 1. The predicted molar refractivity (Wildman–Crippen MR) is 70.5 cm³/mol. The molecule has 0 aromatic carbocycles. The SMILES string of the molecule is CC(=O)NC(C)C(=O)N(C)c1snc(C)c1C(=O)O. The minimum atomic E-state index is -1.13. The topological polar surface area (TPSA) is 99.6 Å². The van der Waals surface area contributed by atoms with Crippen molar-refractivity contribution in [3.05, 3.63) is 11.3 Å². The van der Waals surface area contributed by atoms with Gasteiger partial charge in [-0.2, -0.15) is 4.37 Å². The van der Waals surface area contributed by atoms with E-state index in [1.54, 1.807) is 6.92 Å². The van der Waals surface area contributed by atoms with Crippen molar-refractivity contribution in [1.82, 2.24) is 9.69 Å². The molecule has 0 radical (unpaired) electrons. The van der Waals surface area contributed by atoms with Crippen molar-refractivity contribution in [2.75, 3.05) is 11.9 Å². The zero-order valence-electron chi connectivity index (χ0n) is 11.1. The monoisotopic (exact) mass is 285 g/mol. The maximum Gasteiger partial charge on any atom is 0.340 e. The zero-order valence-corrected chi connectivity index (χ0v) is 11.9. The molecule has 1 atom stereocenters. The second-order valence-electron chi connectivity index (χ2n) is 4.07. The number of hydrogen-bond acceptors (Lipinski definition) is 5. The zero-order chi connectivity index (χ0) is 14.7. The first-order valence-electron chi connectivity index (χ1n) is 5.50. The van der Waals surface area contributed by atoms with E-state index >= 15 is 0 Å². The average molecular weight is 285 g/mol. The lowest BCUT2D eigenvalue weighted by molar-refractivity contribution is -0.125. The maximum atomic E-state index is 12.1. The lowest BCUT2D eigenvalue weighted by Gasteiger charge is -2.20. The van der Waals surface area contributed by atoms with Crippen LogP contribution in [-0.2, 0) is 9.59 Å². The number of rotatable bonds is 4. The van der Waals surface area contributed by atoms with E-state index in [0.717, 1.165) is 11.5 Å². The van der Waals surface area contributed by atoms with E-state index in [1.165, 1.54) is 25.8 Å². The lowest BCUT2D eigenvalue weighted by Crippen LogP contribution is -2.45. The molecule has 2 N–H and O–H groups in total. The Bertz CT molecular complexity index is 526. The molecule has 8 heteroatoms. The summed E-state index contributed by atoms with van der Waals surface area (Å²) in [5, 5.41) is 11.8. The van der Waals surface area contributed by atoms with Gasteiger partial charge in [-0.05, 0) is 25.4 Å². The van der Waals surface area contributed by atoms with Crippen LogP contribution < -0.4 is 10.2 Å². The summed E-state index contributed by atoms with van der Waals surface area (Å²) in [7, 11) is 1.46. The van der Waals surface area contributed by atoms with E-state index in [1.807, 2.05) is 0 Å². The van der Waals surface area contributed by atoms with E-state index in [-0.39, 0.29) is 16.5 Å². The summed E-state index contributed by atoms with van der Waals surface area (Å²) in [5.41, 5.74) is 0.371. The van der Waals surface area contributed by atoms with Crippen molar-refractivity contribution in [1.29, 1.82) is 0 Å². The minimum absolute atomic E-state index is 0.0101. The Morgan fingerprint density at radius 2 is 2.00 bits per heavy atom. The first-order valence-corrected chi connectivity index (χ1v) is 6.27. The summed E-state index contributed by atoms with van der Waals surface area (Å²) >= 11 is 0.939. The van der Waals surface area contributed by atoms with Crippen LogP contribution in [0, 0.1) is 6.92 Å². The number of hydrogen-bond donors (Lipinski definition) is 2. The first kappa shape index (κ1) is 15.1. The molecule has 0 aliphatic heterocycles. The van der Waals surface area contributed by atoms with Gasteiger partial charge in [-0.1, -0.05) is 0 Å². The molecule has 0 saturated carbocycles. The van der Waals surface area contributed by atoms with Gasteiger partial charge in [-0.15, -0.1) is 0 Å². The Balaban J connectivity index is 3.00. The number of anilines is 1. The van der Waals surface area contributed by atoms with E-state index in [4.69, 9.17) is 5.11 Å². The minimum Gasteiger partial charge on any atom is -0.478 e. The molecule has 104 valence electrons. The number of carboxylic acids is 1. The highest BCUT2D eigenvalue weighted by molar-refractivity contribution is 7.11. The van der Waals surface area contributed by atoms with Crippen molar-refractivity contribution in [3.63, 3.8) is 0 Å². The third kappa shape index (κ3) is 3.28. The van der Waals surface area contributed by atoms with Crippen molar-refractivity contribution < 1.29 is 19.5 Å². The van der Waals surface area contributed by atoms with Crippen LogP contribution in [0.4, 0.5) is 5.00 Å². The second kappa shape index (κ2) is 5.79. The molecule has 1 aromatic heterocycles. The molecule has 0 saturated heterocycles. The molecule has 0 fully saturated rings. The molecule has 19 heavy (non-hydrogen) atoms. The van der Waals surface area contributed by atoms with Gasteiger partial charge in [-0.25, -0.2) is 4.79 Å². The van der Waals surface area contributed by atoms with Crippen LogP contribution in [0.1, 0.15) is 29.9 Å². The fraction of sp³-hybridized carbons (Fsp3) is 0.455. The highest BCUT2D eigenvalue weighted by atomic mass is 32.1.